The first-order chi connectivity index (χ1) is 6.68. The van der Waals surface area contributed by atoms with Gasteiger partial charge in [-0.15, -0.1) is 0 Å². The summed E-state index contributed by atoms with van der Waals surface area (Å²) in [6.45, 7) is 2.24. The van der Waals surface area contributed by atoms with Crippen molar-refractivity contribution in [2.24, 2.45) is 11.7 Å². The number of thiocarbonyl (C=S) groups is 1. The third-order valence-corrected chi connectivity index (χ3v) is 2.86. The predicted molar refractivity (Wildman–Crippen MR) is 63.5 cm³/mol. The number of hydrogen-bond acceptors (Lipinski definition) is 2. The minimum atomic E-state index is 0.460. The highest BCUT2D eigenvalue weighted by molar-refractivity contribution is 7.80. The van der Waals surface area contributed by atoms with Crippen LogP contribution in [0.1, 0.15) is 18.9 Å². The van der Waals surface area contributed by atoms with Crippen molar-refractivity contribution < 1.29 is 0 Å². The van der Waals surface area contributed by atoms with Crippen molar-refractivity contribution in [1.82, 2.24) is 0 Å². The highest BCUT2D eigenvalue weighted by atomic mass is 32.1. The molecule has 1 aromatic rings. The molecule has 3 N–H and O–H groups in total. The van der Waals surface area contributed by atoms with Crippen molar-refractivity contribution in [3.05, 3.63) is 29.8 Å². The molecule has 1 aromatic carbocycles. The summed E-state index contributed by atoms with van der Waals surface area (Å²) in [4.78, 5) is 0.460. The Bertz CT molecular complexity index is 362. The van der Waals surface area contributed by atoms with Crippen molar-refractivity contribution in [1.29, 1.82) is 0 Å². The molecule has 74 valence electrons. The molecule has 3 heteroatoms. The second kappa shape index (κ2) is 3.58. The van der Waals surface area contributed by atoms with E-state index in [0.29, 0.717) is 11.0 Å². The van der Waals surface area contributed by atoms with Crippen molar-refractivity contribution >= 4 is 22.9 Å². The number of para-hydroxylation sites is 1. The van der Waals surface area contributed by atoms with E-state index in [1.165, 1.54) is 6.42 Å². The van der Waals surface area contributed by atoms with Gasteiger partial charge in [-0.25, -0.2) is 0 Å². The molecule has 0 aliphatic heterocycles. The molecule has 0 bridgehead atoms. The largest absolute Gasteiger partial charge is 0.389 e. The molecular weight excluding hydrogens is 192 g/mol. The molecule has 2 rings (SSSR count). The average Bonchev–Trinajstić information content (AvgIpc) is 2.82. The molecule has 2 atom stereocenters. The van der Waals surface area contributed by atoms with Crippen LogP contribution in [0.15, 0.2) is 24.3 Å². The van der Waals surface area contributed by atoms with Crippen LogP contribution in [0.3, 0.4) is 0 Å². The maximum atomic E-state index is 5.64. The summed E-state index contributed by atoms with van der Waals surface area (Å²) in [7, 11) is 0. The summed E-state index contributed by atoms with van der Waals surface area (Å²) >= 11 is 4.99. The Hall–Kier alpha value is -1.09. The minimum Gasteiger partial charge on any atom is -0.389 e. The van der Waals surface area contributed by atoms with Gasteiger partial charge in [0.25, 0.3) is 0 Å². The van der Waals surface area contributed by atoms with E-state index in [4.69, 9.17) is 18.0 Å². The normalized spacial score (nSPS) is 24.4. The van der Waals surface area contributed by atoms with Crippen molar-refractivity contribution in [2.75, 3.05) is 5.32 Å². The number of hydrogen-bond donors (Lipinski definition) is 2. The molecule has 0 radical (unpaired) electrons. The molecule has 2 nitrogen and oxygen atoms in total. The second-order valence-electron chi connectivity index (χ2n) is 3.87. The topological polar surface area (TPSA) is 38.0 Å². The lowest BCUT2D eigenvalue weighted by molar-refractivity contribution is 0.929. The SMILES string of the molecule is CC1CC1Nc1ccccc1C(N)=S. The van der Waals surface area contributed by atoms with Crippen LogP contribution < -0.4 is 11.1 Å². The van der Waals surface area contributed by atoms with Crippen LogP contribution in [0, 0.1) is 5.92 Å². The number of rotatable bonds is 3. The third kappa shape index (κ3) is 1.87. The van der Waals surface area contributed by atoms with Gasteiger partial charge in [0.2, 0.25) is 0 Å². The molecule has 0 spiro atoms. The van der Waals surface area contributed by atoms with E-state index in [-0.39, 0.29) is 0 Å². The highest BCUT2D eigenvalue weighted by Gasteiger charge is 2.32. The monoisotopic (exact) mass is 206 g/mol. The fourth-order valence-electron chi connectivity index (χ4n) is 1.55. The molecular formula is C11H14N2S. The Morgan fingerprint density at radius 2 is 2.14 bits per heavy atom. The van der Waals surface area contributed by atoms with Crippen LogP contribution in [0.25, 0.3) is 0 Å². The van der Waals surface area contributed by atoms with Crippen molar-refractivity contribution in [2.45, 2.75) is 19.4 Å². The Kier molecular flexibility index (Phi) is 2.42. The van der Waals surface area contributed by atoms with E-state index < -0.39 is 0 Å². The Morgan fingerprint density at radius 1 is 1.50 bits per heavy atom. The molecule has 1 saturated carbocycles. The van der Waals surface area contributed by atoms with E-state index in [0.717, 1.165) is 17.2 Å². The Labute approximate surface area is 89.5 Å². The molecule has 14 heavy (non-hydrogen) atoms. The van der Waals surface area contributed by atoms with E-state index in [1.54, 1.807) is 0 Å². The highest BCUT2D eigenvalue weighted by Crippen LogP contribution is 2.33. The summed E-state index contributed by atoms with van der Waals surface area (Å²) in [5, 5.41) is 3.45. The molecule has 1 aliphatic rings. The van der Waals surface area contributed by atoms with E-state index in [1.807, 2.05) is 24.3 Å². The first-order valence-corrected chi connectivity index (χ1v) is 5.24. The summed E-state index contributed by atoms with van der Waals surface area (Å²) < 4.78 is 0. The predicted octanol–water partition coefficient (Wildman–Crippen LogP) is 2.14. The lowest BCUT2D eigenvalue weighted by Gasteiger charge is -2.09. The molecule has 2 unspecified atom stereocenters. The van der Waals surface area contributed by atoms with Gasteiger partial charge in [0.1, 0.15) is 4.99 Å². The van der Waals surface area contributed by atoms with E-state index in [9.17, 15) is 0 Å². The summed E-state index contributed by atoms with van der Waals surface area (Å²) in [5.74, 6) is 0.773. The third-order valence-electron chi connectivity index (χ3n) is 2.64. The summed E-state index contributed by atoms with van der Waals surface area (Å²) in [6.07, 6.45) is 1.24. The fraction of sp³-hybridized carbons (Fsp3) is 0.364. The number of anilines is 1. The van der Waals surface area contributed by atoms with Gasteiger partial charge >= 0.3 is 0 Å². The van der Waals surface area contributed by atoms with Crippen LogP contribution in [0.5, 0.6) is 0 Å². The number of nitrogens with one attached hydrogen (secondary N) is 1. The van der Waals surface area contributed by atoms with E-state index in [2.05, 4.69) is 12.2 Å². The first kappa shape index (κ1) is 9.46. The number of benzene rings is 1. The maximum absolute atomic E-state index is 5.64. The lowest BCUT2D eigenvalue weighted by Crippen LogP contribution is -2.14. The fourth-order valence-corrected chi connectivity index (χ4v) is 1.72. The maximum Gasteiger partial charge on any atom is 0.106 e. The zero-order valence-electron chi connectivity index (χ0n) is 8.16. The standard InChI is InChI=1S/C11H14N2S/c1-7-6-10(7)13-9-5-3-2-4-8(9)11(12)14/h2-5,7,10,13H,6H2,1H3,(H2,12,14). The van der Waals surface area contributed by atoms with Gasteiger partial charge in [0.15, 0.2) is 0 Å². The molecule has 0 aromatic heterocycles. The number of nitrogens with two attached hydrogens (primary N) is 1. The van der Waals surface area contributed by atoms with E-state index >= 15 is 0 Å². The van der Waals surface area contributed by atoms with Gasteiger partial charge in [-0.1, -0.05) is 31.3 Å². The minimum absolute atomic E-state index is 0.460. The smallest absolute Gasteiger partial charge is 0.106 e. The van der Waals surface area contributed by atoms with Gasteiger partial charge in [0.05, 0.1) is 0 Å². The molecule has 1 aliphatic carbocycles. The van der Waals surface area contributed by atoms with Crippen LogP contribution in [0.4, 0.5) is 5.69 Å². The Balaban J connectivity index is 2.19. The van der Waals surface area contributed by atoms with Crippen molar-refractivity contribution in [3.63, 3.8) is 0 Å². The quantitative estimate of drug-likeness (QED) is 0.744. The van der Waals surface area contributed by atoms with Gasteiger partial charge in [0, 0.05) is 17.3 Å². The van der Waals surface area contributed by atoms with Crippen LogP contribution in [-0.2, 0) is 0 Å². The molecule has 0 amide bonds. The molecule has 1 fully saturated rings. The molecule has 0 heterocycles. The van der Waals surface area contributed by atoms with Gasteiger partial charge in [-0.05, 0) is 24.5 Å². The van der Waals surface area contributed by atoms with Crippen LogP contribution in [-0.4, -0.2) is 11.0 Å². The zero-order chi connectivity index (χ0) is 10.1. The van der Waals surface area contributed by atoms with Gasteiger partial charge in [-0.2, -0.15) is 0 Å². The summed E-state index contributed by atoms with van der Waals surface area (Å²) in [5.41, 5.74) is 7.65. The Morgan fingerprint density at radius 3 is 2.71 bits per heavy atom. The van der Waals surface area contributed by atoms with Crippen molar-refractivity contribution in [3.8, 4) is 0 Å². The molecule has 0 saturated heterocycles. The zero-order valence-corrected chi connectivity index (χ0v) is 8.97. The first-order valence-electron chi connectivity index (χ1n) is 4.84. The average molecular weight is 206 g/mol. The lowest BCUT2D eigenvalue weighted by atomic mass is 10.2. The second-order valence-corrected chi connectivity index (χ2v) is 4.31. The van der Waals surface area contributed by atoms with Crippen LogP contribution in [0.2, 0.25) is 0 Å². The van der Waals surface area contributed by atoms with Crippen LogP contribution >= 0.6 is 12.2 Å². The summed E-state index contributed by atoms with van der Waals surface area (Å²) in [6, 6.07) is 8.54. The van der Waals surface area contributed by atoms with Gasteiger partial charge < -0.3 is 11.1 Å². The van der Waals surface area contributed by atoms with Gasteiger partial charge in [-0.3, -0.25) is 0 Å².